The van der Waals surface area contributed by atoms with Gasteiger partial charge in [-0.15, -0.1) is 0 Å². The number of benzene rings is 1. The first kappa shape index (κ1) is 19.4. The van der Waals surface area contributed by atoms with Gasteiger partial charge in [0.2, 0.25) is 11.8 Å². The van der Waals surface area contributed by atoms with Gasteiger partial charge in [-0.2, -0.15) is 5.10 Å². The topological polar surface area (TPSA) is 114 Å². The van der Waals surface area contributed by atoms with Crippen LogP contribution in [0.2, 0.25) is 0 Å². The molecule has 1 saturated heterocycles. The summed E-state index contributed by atoms with van der Waals surface area (Å²) in [5, 5.41) is 15.7. The molecule has 28 heavy (non-hydrogen) atoms. The van der Waals surface area contributed by atoms with Crippen LogP contribution in [0.4, 0.5) is 5.69 Å². The van der Waals surface area contributed by atoms with Gasteiger partial charge in [-0.3, -0.25) is 14.3 Å². The van der Waals surface area contributed by atoms with Crippen LogP contribution in [0.15, 0.2) is 36.7 Å². The van der Waals surface area contributed by atoms with E-state index in [1.54, 1.807) is 54.1 Å². The summed E-state index contributed by atoms with van der Waals surface area (Å²) in [4.78, 5) is 37.2. The van der Waals surface area contributed by atoms with Gasteiger partial charge in [0.25, 0.3) is 0 Å². The molecule has 2 amide bonds. The minimum absolute atomic E-state index is 0.00200. The maximum absolute atomic E-state index is 12.9. The monoisotopic (exact) mass is 386 g/mol. The molecule has 1 aromatic carbocycles. The number of hydrogen-bond donors (Lipinski definition) is 2. The maximum atomic E-state index is 12.9. The van der Waals surface area contributed by atoms with Crippen LogP contribution in [-0.2, 0) is 21.4 Å². The zero-order valence-corrected chi connectivity index (χ0v) is 15.7. The van der Waals surface area contributed by atoms with Crippen molar-refractivity contribution in [2.75, 3.05) is 19.0 Å². The van der Waals surface area contributed by atoms with E-state index in [1.165, 1.54) is 0 Å². The van der Waals surface area contributed by atoms with Crippen molar-refractivity contribution in [3.63, 3.8) is 0 Å². The Bertz CT molecular complexity index is 877. The molecular formula is C19H22N4O5. The third kappa shape index (κ3) is 4.30. The minimum Gasteiger partial charge on any atom is -0.482 e. The van der Waals surface area contributed by atoms with E-state index in [1.807, 2.05) is 6.20 Å². The lowest BCUT2D eigenvalue weighted by Gasteiger charge is -2.37. The summed E-state index contributed by atoms with van der Waals surface area (Å²) >= 11 is 0. The molecule has 1 aliphatic heterocycles. The number of aliphatic carboxylic acids is 1. The first-order chi connectivity index (χ1) is 13.3. The Balaban J connectivity index is 1.72. The maximum Gasteiger partial charge on any atom is 0.341 e. The summed E-state index contributed by atoms with van der Waals surface area (Å²) in [5.41, 5.74) is 1.38. The lowest BCUT2D eigenvalue weighted by atomic mass is 9.85. The molecule has 148 valence electrons. The van der Waals surface area contributed by atoms with Crippen LogP contribution in [0.5, 0.6) is 5.75 Å². The summed E-state index contributed by atoms with van der Waals surface area (Å²) in [6.07, 6.45) is 4.25. The number of rotatable bonds is 6. The number of piperidine rings is 1. The molecule has 9 nitrogen and oxygen atoms in total. The zero-order valence-electron chi connectivity index (χ0n) is 15.7. The Morgan fingerprint density at radius 2 is 2.00 bits per heavy atom. The highest BCUT2D eigenvalue weighted by Gasteiger charge is 2.39. The quantitative estimate of drug-likeness (QED) is 0.776. The number of carboxylic acids is 1. The fourth-order valence-corrected chi connectivity index (χ4v) is 3.38. The molecule has 9 heteroatoms. The molecule has 3 rings (SSSR count). The van der Waals surface area contributed by atoms with Crippen LogP contribution in [0, 0.1) is 5.92 Å². The average molecular weight is 386 g/mol. The van der Waals surface area contributed by atoms with Crippen molar-refractivity contribution in [2.24, 2.45) is 13.0 Å². The molecule has 2 unspecified atom stereocenters. The van der Waals surface area contributed by atoms with Gasteiger partial charge in [0.15, 0.2) is 6.61 Å². The molecule has 2 aromatic rings. The number of amides is 2. The number of carbonyl (C=O) groups excluding carboxylic acids is 2. The Labute approximate surface area is 161 Å². The Morgan fingerprint density at radius 3 is 2.61 bits per heavy atom. The summed E-state index contributed by atoms with van der Waals surface area (Å²) in [6, 6.07) is 6.09. The van der Waals surface area contributed by atoms with Gasteiger partial charge in [0.1, 0.15) is 5.75 Å². The number of nitrogens with one attached hydrogen (secondary N) is 1. The van der Waals surface area contributed by atoms with E-state index in [9.17, 15) is 14.4 Å². The summed E-state index contributed by atoms with van der Waals surface area (Å²) in [7, 11) is 3.49. The molecule has 1 aromatic heterocycles. The van der Waals surface area contributed by atoms with Crippen LogP contribution >= 0.6 is 0 Å². The van der Waals surface area contributed by atoms with Gasteiger partial charge < -0.3 is 20.1 Å². The van der Waals surface area contributed by atoms with Crippen LogP contribution in [-0.4, -0.2) is 51.2 Å². The van der Waals surface area contributed by atoms with Crippen LogP contribution in [0.1, 0.15) is 24.4 Å². The van der Waals surface area contributed by atoms with Crippen molar-refractivity contribution >= 4 is 23.5 Å². The molecule has 0 radical (unpaired) electrons. The highest BCUT2D eigenvalue weighted by molar-refractivity contribution is 5.94. The number of carbonyl (C=O) groups is 3. The molecule has 1 aliphatic rings. The van der Waals surface area contributed by atoms with Gasteiger partial charge >= 0.3 is 5.97 Å². The standard InChI is InChI=1S/C19H22N4O5/c1-22-10-12(9-20-22)18-15(7-8-16(24)23(18)2)19(27)21-13-3-5-14(6-4-13)28-11-17(25)26/h3-6,9-10,15,18H,7-8,11H2,1-2H3,(H,21,27)(H,25,26). The molecular weight excluding hydrogens is 364 g/mol. The number of likely N-dealkylation sites (tertiary alicyclic amines) is 1. The number of nitrogens with zero attached hydrogens (tertiary/aromatic N) is 3. The molecule has 2 heterocycles. The normalized spacial score (nSPS) is 19.4. The molecule has 0 aliphatic carbocycles. The van der Waals surface area contributed by atoms with E-state index in [0.29, 0.717) is 24.3 Å². The molecule has 2 atom stereocenters. The first-order valence-electron chi connectivity index (χ1n) is 8.85. The second-order valence-electron chi connectivity index (χ2n) is 6.74. The third-order valence-corrected chi connectivity index (χ3v) is 4.75. The molecule has 0 saturated carbocycles. The Hall–Kier alpha value is -3.36. The second-order valence-corrected chi connectivity index (χ2v) is 6.74. The van der Waals surface area contributed by atoms with Gasteiger partial charge in [0.05, 0.1) is 18.2 Å². The van der Waals surface area contributed by atoms with Crippen molar-refractivity contribution in [1.82, 2.24) is 14.7 Å². The van der Waals surface area contributed by atoms with Crippen molar-refractivity contribution in [3.8, 4) is 5.75 Å². The lowest BCUT2D eigenvalue weighted by molar-refractivity contribution is -0.140. The highest BCUT2D eigenvalue weighted by Crippen LogP contribution is 2.36. The summed E-state index contributed by atoms with van der Waals surface area (Å²) in [5.74, 6) is -1.26. The molecule has 0 spiro atoms. The van der Waals surface area contributed by atoms with Crippen molar-refractivity contribution in [1.29, 1.82) is 0 Å². The average Bonchev–Trinajstić information content (AvgIpc) is 3.09. The van der Waals surface area contributed by atoms with Gasteiger partial charge in [-0.25, -0.2) is 4.79 Å². The fourth-order valence-electron chi connectivity index (χ4n) is 3.38. The van der Waals surface area contributed by atoms with Crippen LogP contribution in [0.25, 0.3) is 0 Å². The lowest BCUT2D eigenvalue weighted by Crippen LogP contribution is -2.44. The number of carboxylic acid groups (broad SMARTS) is 1. The number of aryl methyl sites for hydroxylation is 1. The van der Waals surface area contributed by atoms with Crippen LogP contribution < -0.4 is 10.1 Å². The molecule has 0 bridgehead atoms. The highest BCUT2D eigenvalue weighted by atomic mass is 16.5. The van der Waals surface area contributed by atoms with E-state index in [0.717, 1.165) is 5.56 Å². The van der Waals surface area contributed by atoms with Crippen molar-refractivity contribution in [3.05, 3.63) is 42.2 Å². The predicted octanol–water partition coefficient (Wildman–Crippen LogP) is 1.43. The number of aromatic nitrogens is 2. The summed E-state index contributed by atoms with van der Waals surface area (Å²) in [6.45, 7) is -0.430. The number of anilines is 1. The summed E-state index contributed by atoms with van der Waals surface area (Å²) < 4.78 is 6.73. The molecule has 1 fully saturated rings. The fraction of sp³-hybridized carbons (Fsp3) is 0.368. The van der Waals surface area contributed by atoms with Gasteiger partial charge in [0, 0.05) is 38.0 Å². The van der Waals surface area contributed by atoms with E-state index < -0.39 is 18.5 Å². The van der Waals surface area contributed by atoms with Crippen molar-refractivity contribution in [2.45, 2.75) is 18.9 Å². The Kier molecular flexibility index (Phi) is 5.62. The minimum atomic E-state index is -1.06. The smallest absolute Gasteiger partial charge is 0.341 e. The molecule has 2 N–H and O–H groups in total. The second kappa shape index (κ2) is 8.12. The van der Waals surface area contributed by atoms with Gasteiger partial charge in [-0.1, -0.05) is 0 Å². The SMILES string of the molecule is CN1C(=O)CCC(C(=O)Nc2ccc(OCC(=O)O)cc2)C1c1cnn(C)c1. The van der Waals surface area contributed by atoms with E-state index in [-0.39, 0.29) is 17.9 Å². The predicted molar refractivity (Wildman–Crippen MR) is 99.6 cm³/mol. The Morgan fingerprint density at radius 1 is 1.29 bits per heavy atom. The first-order valence-corrected chi connectivity index (χ1v) is 8.85. The van der Waals surface area contributed by atoms with E-state index >= 15 is 0 Å². The number of ether oxygens (including phenoxy) is 1. The van der Waals surface area contributed by atoms with E-state index in [4.69, 9.17) is 9.84 Å². The van der Waals surface area contributed by atoms with Gasteiger partial charge in [-0.05, 0) is 30.7 Å². The van der Waals surface area contributed by atoms with E-state index in [2.05, 4.69) is 10.4 Å². The van der Waals surface area contributed by atoms with Crippen molar-refractivity contribution < 1.29 is 24.2 Å². The number of hydrogen-bond acceptors (Lipinski definition) is 5. The zero-order chi connectivity index (χ0) is 20.3. The third-order valence-electron chi connectivity index (χ3n) is 4.75. The van der Waals surface area contributed by atoms with Crippen LogP contribution in [0.3, 0.4) is 0 Å². The largest absolute Gasteiger partial charge is 0.482 e.